The summed E-state index contributed by atoms with van der Waals surface area (Å²) in [5.74, 6) is -2.52. The van der Waals surface area contributed by atoms with Crippen molar-refractivity contribution in [1.29, 1.82) is 0 Å². The summed E-state index contributed by atoms with van der Waals surface area (Å²) >= 11 is 2.83. The van der Waals surface area contributed by atoms with E-state index in [4.69, 9.17) is 5.73 Å². The van der Waals surface area contributed by atoms with E-state index < -0.39 is 38.1 Å². The second-order valence-electron chi connectivity index (χ2n) is 4.03. The molecular weight excluding hydrogens is 373 g/mol. The molecule has 0 unspecified atom stereocenters. The van der Waals surface area contributed by atoms with Crippen molar-refractivity contribution in [1.82, 2.24) is 0 Å². The number of sulfonamides is 1. The molecule has 0 aromatic heterocycles. The maximum absolute atomic E-state index is 13.5. The molecule has 0 saturated carbocycles. The highest BCUT2D eigenvalue weighted by Crippen LogP contribution is 2.28. The highest BCUT2D eigenvalue weighted by molar-refractivity contribution is 9.10. The Morgan fingerprint density at radius 3 is 2.38 bits per heavy atom. The number of rotatable bonds is 3. The summed E-state index contributed by atoms with van der Waals surface area (Å²) in [4.78, 5) is -0.459. The van der Waals surface area contributed by atoms with E-state index in [1.165, 1.54) is 0 Å². The fraction of sp³-hybridized carbons (Fsp3) is 0. The summed E-state index contributed by atoms with van der Waals surface area (Å²) < 4.78 is 65.7. The van der Waals surface area contributed by atoms with Gasteiger partial charge in [0.15, 0.2) is 0 Å². The van der Waals surface area contributed by atoms with Crippen molar-refractivity contribution in [2.24, 2.45) is 0 Å². The van der Waals surface area contributed by atoms with E-state index in [1.807, 2.05) is 4.72 Å². The van der Waals surface area contributed by atoms with Crippen LogP contribution in [0.1, 0.15) is 0 Å². The van der Waals surface area contributed by atoms with E-state index in [0.29, 0.717) is 6.07 Å². The molecule has 0 atom stereocenters. The molecular formula is C12H8BrF3N2O2S. The summed E-state index contributed by atoms with van der Waals surface area (Å²) in [5.41, 5.74) is 4.51. The van der Waals surface area contributed by atoms with Gasteiger partial charge in [0.1, 0.15) is 22.3 Å². The first-order chi connectivity index (χ1) is 9.70. The second kappa shape index (κ2) is 5.57. The maximum Gasteiger partial charge on any atom is 0.264 e. The standard InChI is InChI=1S/C12H8BrF3N2O2S/c13-7-4-12(10(17)5-9(7)16)21(19,20)18-11-3-6(14)1-2-8(11)15/h1-5,18H,17H2. The largest absolute Gasteiger partial charge is 0.398 e. The van der Waals surface area contributed by atoms with Crippen LogP contribution in [0.5, 0.6) is 0 Å². The van der Waals surface area contributed by atoms with Crippen LogP contribution in [0, 0.1) is 17.5 Å². The van der Waals surface area contributed by atoms with E-state index in [2.05, 4.69) is 15.9 Å². The van der Waals surface area contributed by atoms with Crippen LogP contribution in [-0.2, 0) is 10.0 Å². The molecule has 0 saturated heterocycles. The highest BCUT2D eigenvalue weighted by atomic mass is 79.9. The summed E-state index contributed by atoms with van der Waals surface area (Å²) in [6.07, 6.45) is 0. The van der Waals surface area contributed by atoms with Gasteiger partial charge in [-0.3, -0.25) is 4.72 Å². The number of hydrogen-bond donors (Lipinski definition) is 2. The Balaban J connectivity index is 2.48. The smallest absolute Gasteiger partial charge is 0.264 e. The average molecular weight is 381 g/mol. The van der Waals surface area contributed by atoms with Gasteiger partial charge in [-0.15, -0.1) is 0 Å². The molecule has 0 spiro atoms. The second-order valence-corrected chi connectivity index (χ2v) is 6.54. The predicted molar refractivity (Wildman–Crippen MR) is 75.7 cm³/mol. The molecule has 9 heteroatoms. The lowest BCUT2D eigenvalue weighted by Crippen LogP contribution is -2.16. The van der Waals surface area contributed by atoms with Crippen molar-refractivity contribution >= 4 is 37.3 Å². The zero-order valence-corrected chi connectivity index (χ0v) is 12.6. The first-order valence-corrected chi connectivity index (χ1v) is 7.71. The molecule has 112 valence electrons. The van der Waals surface area contributed by atoms with E-state index in [0.717, 1.165) is 24.3 Å². The third-order valence-corrected chi connectivity index (χ3v) is 4.54. The molecule has 4 nitrogen and oxygen atoms in total. The predicted octanol–water partition coefficient (Wildman–Crippen LogP) is 3.25. The van der Waals surface area contributed by atoms with E-state index >= 15 is 0 Å². The van der Waals surface area contributed by atoms with Crippen molar-refractivity contribution in [2.75, 3.05) is 10.5 Å². The third kappa shape index (κ3) is 3.30. The van der Waals surface area contributed by atoms with Gasteiger partial charge >= 0.3 is 0 Å². The highest BCUT2D eigenvalue weighted by Gasteiger charge is 2.21. The minimum atomic E-state index is -4.30. The van der Waals surface area contributed by atoms with Crippen molar-refractivity contribution in [3.05, 3.63) is 52.3 Å². The normalized spacial score (nSPS) is 11.4. The molecule has 0 aliphatic carbocycles. The number of halogens is 4. The number of nitrogens with two attached hydrogens (primary N) is 1. The Bertz CT molecular complexity index is 812. The lowest BCUT2D eigenvalue weighted by Gasteiger charge is -2.11. The number of hydrogen-bond acceptors (Lipinski definition) is 3. The first kappa shape index (κ1) is 15.6. The van der Waals surface area contributed by atoms with Crippen molar-refractivity contribution in [3.63, 3.8) is 0 Å². The number of benzene rings is 2. The molecule has 0 bridgehead atoms. The fourth-order valence-corrected chi connectivity index (χ4v) is 3.25. The van der Waals surface area contributed by atoms with Gasteiger partial charge in [0, 0.05) is 6.07 Å². The third-order valence-electron chi connectivity index (χ3n) is 2.51. The van der Waals surface area contributed by atoms with Gasteiger partial charge in [-0.25, -0.2) is 21.6 Å². The maximum atomic E-state index is 13.5. The molecule has 2 aromatic rings. The minimum Gasteiger partial charge on any atom is -0.398 e. The molecule has 2 rings (SSSR count). The van der Waals surface area contributed by atoms with Crippen molar-refractivity contribution < 1.29 is 21.6 Å². The van der Waals surface area contributed by atoms with Gasteiger partial charge in [-0.05, 0) is 40.2 Å². The van der Waals surface area contributed by atoms with E-state index in [9.17, 15) is 21.6 Å². The summed E-state index contributed by atoms with van der Waals surface area (Å²) in [7, 11) is -4.30. The Kier molecular flexibility index (Phi) is 4.15. The average Bonchev–Trinajstić information content (AvgIpc) is 2.37. The zero-order chi connectivity index (χ0) is 15.8. The zero-order valence-electron chi connectivity index (χ0n) is 10.2. The molecule has 21 heavy (non-hydrogen) atoms. The van der Waals surface area contributed by atoms with Crippen LogP contribution in [0.2, 0.25) is 0 Å². The SMILES string of the molecule is Nc1cc(F)c(Br)cc1S(=O)(=O)Nc1cc(F)ccc1F. The molecule has 0 amide bonds. The molecule has 3 N–H and O–H groups in total. The van der Waals surface area contributed by atoms with E-state index in [1.54, 1.807) is 0 Å². The van der Waals surface area contributed by atoms with Crippen LogP contribution < -0.4 is 10.5 Å². The molecule has 0 aliphatic rings. The summed E-state index contributed by atoms with van der Waals surface area (Å²) in [6, 6.07) is 4.04. The van der Waals surface area contributed by atoms with Gasteiger partial charge in [-0.2, -0.15) is 0 Å². The number of nitrogen functional groups attached to an aromatic ring is 1. The van der Waals surface area contributed by atoms with Crippen LogP contribution >= 0.6 is 15.9 Å². The van der Waals surface area contributed by atoms with Crippen molar-refractivity contribution in [3.8, 4) is 0 Å². The quantitative estimate of drug-likeness (QED) is 0.802. The van der Waals surface area contributed by atoms with Crippen molar-refractivity contribution in [2.45, 2.75) is 4.90 Å². The minimum absolute atomic E-state index is 0.128. The number of nitrogens with one attached hydrogen (secondary N) is 1. The lowest BCUT2D eigenvalue weighted by molar-refractivity contribution is 0.593. The molecule has 0 heterocycles. The molecule has 0 radical (unpaired) electrons. The number of anilines is 2. The van der Waals surface area contributed by atoms with E-state index in [-0.39, 0.29) is 10.2 Å². The van der Waals surface area contributed by atoms with Gasteiger partial charge < -0.3 is 5.73 Å². The van der Waals surface area contributed by atoms with Gasteiger partial charge in [0.05, 0.1) is 15.8 Å². The lowest BCUT2D eigenvalue weighted by atomic mass is 10.3. The van der Waals surface area contributed by atoms with Crippen LogP contribution in [0.15, 0.2) is 39.7 Å². The van der Waals surface area contributed by atoms with Crippen LogP contribution in [0.3, 0.4) is 0 Å². The Morgan fingerprint density at radius 2 is 1.71 bits per heavy atom. The van der Waals surface area contributed by atoms with Gasteiger partial charge in [0.2, 0.25) is 0 Å². The molecule has 2 aromatic carbocycles. The van der Waals surface area contributed by atoms with Gasteiger partial charge in [0.25, 0.3) is 10.0 Å². The monoisotopic (exact) mass is 380 g/mol. The Hall–Kier alpha value is -1.74. The van der Waals surface area contributed by atoms with Gasteiger partial charge in [-0.1, -0.05) is 0 Å². The Labute approximate surface area is 127 Å². The first-order valence-electron chi connectivity index (χ1n) is 5.43. The van der Waals surface area contributed by atoms with Crippen LogP contribution in [0.4, 0.5) is 24.5 Å². The summed E-state index contributed by atoms with van der Waals surface area (Å²) in [6.45, 7) is 0. The molecule has 0 fully saturated rings. The summed E-state index contributed by atoms with van der Waals surface area (Å²) in [5, 5.41) is 0. The van der Waals surface area contributed by atoms with Crippen LogP contribution in [-0.4, -0.2) is 8.42 Å². The topological polar surface area (TPSA) is 72.2 Å². The molecule has 0 aliphatic heterocycles. The Morgan fingerprint density at radius 1 is 1.05 bits per heavy atom. The fourth-order valence-electron chi connectivity index (χ4n) is 1.55. The van der Waals surface area contributed by atoms with Crippen LogP contribution in [0.25, 0.3) is 0 Å².